The molecule has 0 radical (unpaired) electrons. The Kier molecular flexibility index (Phi) is 4.21. The maximum absolute atomic E-state index is 13.0. The van der Waals surface area contributed by atoms with Crippen molar-refractivity contribution in [3.63, 3.8) is 0 Å². The minimum atomic E-state index is -0.216. The van der Waals surface area contributed by atoms with Crippen LogP contribution in [0.25, 0.3) is 0 Å². The zero-order valence-corrected chi connectivity index (χ0v) is 13.9. The largest absolute Gasteiger partial charge is 0.368 e. The molecule has 1 saturated carbocycles. The lowest BCUT2D eigenvalue weighted by atomic mass is 10.2. The van der Waals surface area contributed by atoms with Crippen molar-refractivity contribution in [3.8, 4) is 0 Å². The molecule has 1 aromatic carbocycles. The van der Waals surface area contributed by atoms with Crippen LogP contribution in [0.1, 0.15) is 12.8 Å². The van der Waals surface area contributed by atoms with Gasteiger partial charge in [0.15, 0.2) is 11.6 Å². The van der Waals surface area contributed by atoms with Gasteiger partial charge in [-0.25, -0.2) is 4.39 Å². The molecule has 2 fully saturated rings. The minimum Gasteiger partial charge on any atom is -0.368 e. The van der Waals surface area contributed by atoms with E-state index in [9.17, 15) is 9.18 Å². The standard InChI is InChI=1S/C18H20FN5O/c19-14-3-5-15(6-4-14)23-9-11-24(12-10-23)17-8-7-16(21-22-17)20-18(25)13-1-2-13/h3-8,13H,1-2,9-12H2,(H,20,21,25). The van der Waals surface area contributed by atoms with E-state index in [0.717, 1.165) is 50.5 Å². The number of halogens is 1. The van der Waals surface area contributed by atoms with Crippen molar-refractivity contribution in [1.82, 2.24) is 10.2 Å². The van der Waals surface area contributed by atoms with E-state index in [4.69, 9.17) is 0 Å². The molecule has 0 unspecified atom stereocenters. The first-order chi connectivity index (χ1) is 12.2. The normalized spacial score (nSPS) is 17.5. The molecule has 0 spiro atoms. The summed E-state index contributed by atoms with van der Waals surface area (Å²) in [5, 5.41) is 11.1. The summed E-state index contributed by atoms with van der Waals surface area (Å²) < 4.78 is 13.0. The van der Waals surface area contributed by atoms with Crippen molar-refractivity contribution in [2.75, 3.05) is 41.3 Å². The highest BCUT2D eigenvalue weighted by Gasteiger charge is 2.29. The third-order valence-corrected chi connectivity index (χ3v) is 4.65. The van der Waals surface area contributed by atoms with Crippen molar-refractivity contribution in [2.45, 2.75) is 12.8 Å². The average Bonchev–Trinajstić information content (AvgIpc) is 3.49. The van der Waals surface area contributed by atoms with Gasteiger partial charge in [0.25, 0.3) is 0 Å². The van der Waals surface area contributed by atoms with Gasteiger partial charge in [-0.15, -0.1) is 10.2 Å². The van der Waals surface area contributed by atoms with Crippen LogP contribution in [0.3, 0.4) is 0 Å². The fourth-order valence-electron chi connectivity index (χ4n) is 2.98. The Hall–Kier alpha value is -2.70. The first-order valence-corrected chi connectivity index (χ1v) is 8.59. The Bertz CT molecular complexity index is 737. The Balaban J connectivity index is 1.34. The van der Waals surface area contributed by atoms with Gasteiger partial charge < -0.3 is 15.1 Å². The van der Waals surface area contributed by atoms with E-state index in [1.54, 1.807) is 6.07 Å². The number of nitrogens with zero attached hydrogens (tertiary/aromatic N) is 4. The molecule has 25 heavy (non-hydrogen) atoms. The van der Waals surface area contributed by atoms with Crippen LogP contribution in [0, 0.1) is 11.7 Å². The Morgan fingerprint density at radius 1 is 0.960 bits per heavy atom. The molecule has 2 heterocycles. The van der Waals surface area contributed by atoms with Gasteiger partial charge in [-0.3, -0.25) is 4.79 Å². The number of hydrogen-bond acceptors (Lipinski definition) is 5. The third kappa shape index (κ3) is 3.70. The van der Waals surface area contributed by atoms with Crippen LogP contribution < -0.4 is 15.1 Å². The van der Waals surface area contributed by atoms with Crippen LogP contribution in [-0.2, 0) is 4.79 Å². The second-order valence-electron chi connectivity index (χ2n) is 6.49. The monoisotopic (exact) mass is 341 g/mol. The molecule has 1 N–H and O–H groups in total. The molecule has 7 heteroatoms. The number of nitrogens with one attached hydrogen (secondary N) is 1. The smallest absolute Gasteiger partial charge is 0.228 e. The number of anilines is 3. The summed E-state index contributed by atoms with van der Waals surface area (Å²) in [6, 6.07) is 10.3. The summed E-state index contributed by atoms with van der Waals surface area (Å²) in [7, 11) is 0. The summed E-state index contributed by atoms with van der Waals surface area (Å²) in [5.74, 6) is 1.29. The van der Waals surface area contributed by atoms with Crippen LogP contribution in [0.15, 0.2) is 36.4 Å². The third-order valence-electron chi connectivity index (χ3n) is 4.65. The number of carbonyl (C=O) groups excluding carboxylic acids is 1. The summed E-state index contributed by atoms with van der Waals surface area (Å²) in [6.45, 7) is 3.32. The van der Waals surface area contributed by atoms with E-state index in [-0.39, 0.29) is 17.6 Å². The molecule has 1 aliphatic heterocycles. The van der Waals surface area contributed by atoms with Gasteiger partial charge in [-0.05, 0) is 49.2 Å². The first-order valence-electron chi connectivity index (χ1n) is 8.59. The van der Waals surface area contributed by atoms with Crippen LogP contribution in [0.4, 0.5) is 21.7 Å². The average molecular weight is 341 g/mol. The number of aromatic nitrogens is 2. The molecule has 6 nitrogen and oxygen atoms in total. The molecule has 4 rings (SSSR count). The highest BCUT2D eigenvalue weighted by atomic mass is 19.1. The highest BCUT2D eigenvalue weighted by Crippen LogP contribution is 2.30. The van der Waals surface area contributed by atoms with Crippen LogP contribution in [0.5, 0.6) is 0 Å². The molecule has 1 amide bonds. The maximum Gasteiger partial charge on any atom is 0.228 e. The molecule has 2 aliphatic rings. The topological polar surface area (TPSA) is 61.4 Å². The molecule has 2 aromatic rings. The number of piperazine rings is 1. The lowest BCUT2D eigenvalue weighted by Crippen LogP contribution is -2.46. The van der Waals surface area contributed by atoms with Gasteiger partial charge >= 0.3 is 0 Å². The number of carbonyl (C=O) groups is 1. The molecule has 1 saturated heterocycles. The van der Waals surface area contributed by atoms with Crippen LogP contribution in [-0.4, -0.2) is 42.3 Å². The van der Waals surface area contributed by atoms with Gasteiger partial charge in [-0.2, -0.15) is 0 Å². The fraction of sp³-hybridized carbons (Fsp3) is 0.389. The Morgan fingerprint density at radius 3 is 2.24 bits per heavy atom. The zero-order valence-electron chi connectivity index (χ0n) is 13.9. The Morgan fingerprint density at radius 2 is 1.64 bits per heavy atom. The molecule has 0 atom stereocenters. The molecule has 1 aliphatic carbocycles. The second-order valence-corrected chi connectivity index (χ2v) is 6.49. The van der Waals surface area contributed by atoms with Crippen LogP contribution >= 0.6 is 0 Å². The molecular weight excluding hydrogens is 321 g/mol. The van der Waals surface area contributed by atoms with E-state index in [1.807, 2.05) is 18.2 Å². The molecular formula is C18H20FN5O. The first kappa shape index (κ1) is 15.8. The van der Waals surface area contributed by atoms with Gasteiger partial charge in [0.05, 0.1) is 0 Å². The summed E-state index contributed by atoms with van der Waals surface area (Å²) >= 11 is 0. The summed E-state index contributed by atoms with van der Waals surface area (Å²) in [4.78, 5) is 16.1. The Labute approximate surface area is 145 Å². The van der Waals surface area contributed by atoms with Gasteiger partial charge in [0.2, 0.25) is 5.91 Å². The predicted octanol–water partition coefficient (Wildman–Crippen LogP) is 2.29. The summed E-state index contributed by atoms with van der Waals surface area (Å²) in [6.07, 6.45) is 1.94. The predicted molar refractivity (Wildman–Crippen MR) is 94.2 cm³/mol. The second kappa shape index (κ2) is 6.66. The maximum atomic E-state index is 13.0. The van der Waals surface area contributed by atoms with Crippen molar-refractivity contribution in [2.24, 2.45) is 5.92 Å². The molecule has 0 bridgehead atoms. The molecule has 1 aromatic heterocycles. The quantitative estimate of drug-likeness (QED) is 0.925. The summed E-state index contributed by atoms with van der Waals surface area (Å²) in [5.41, 5.74) is 1.03. The van der Waals surface area contributed by atoms with E-state index >= 15 is 0 Å². The van der Waals surface area contributed by atoms with Gasteiger partial charge in [0.1, 0.15) is 5.82 Å². The SMILES string of the molecule is O=C(Nc1ccc(N2CCN(c3ccc(F)cc3)CC2)nn1)C1CC1. The molecule has 130 valence electrons. The van der Waals surface area contributed by atoms with Gasteiger partial charge in [0, 0.05) is 37.8 Å². The minimum absolute atomic E-state index is 0.0370. The lowest BCUT2D eigenvalue weighted by Gasteiger charge is -2.36. The fourth-order valence-corrected chi connectivity index (χ4v) is 2.98. The lowest BCUT2D eigenvalue weighted by molar-refractivity contribution is -0.117. The number of hydrogen-bond donors (Lipinski definition) is 1. The number of benzene rings is 1. The van der Waals surface area contributed by atoms with E-state index < -0.39 is 0 Å². The van der Waals surface area contributed by atoms with E-state index in [1.165, 1.54) is 12.1 Å². The highest BCUT2D eigenvalue weighted by molar-refractivity contribution is 5.93. The number of rotatable bonds is 4. The van der Waals surface area contributed by atoms with Crippen LogP contribution in [0.2, 0.25) is 0 Å². The van der Waals surface area contributed by atoms with Crippen molar-refractivity contribution < 1.29 is 9.18 Å². The zero-order chi connectivity index (χ0) is 17.2. The van der Waals surface area contributed by atoms with E-state index in [2.05, 4.69) is 25.3 Å². The van der Waals surface area contributed by atoms with Crippen molar-refractivity contribution in [1.29, 1.82) is 0 Å². The van der Waals surface area contributed by atoms with Gasteiger partial charge in [-0.1, -0.05) is 0 Å². The number of amides is 1. The van der Waals surface area contributed by atoms with Crippen molar-refractivity contribution in [3.05, 3.63) is 42.2 Å². The van der Waals surface area contributed by atoms with E-state index in [0.29, 0.717) is 5.82 Å². The van der Waals surface area contributed by atoms with Crippen molar-refractivity contribution >= 4 is 23.2 Å².